The van der Waals surface area contributed by atoms with E-state index in [9.17, 15) is 14.7 Å². The number of carbonyl (C=O) groups excluding carboxylic acids is 2. The van der Waals surface area contributed by atoms with Crippen LogP contribution in [-0.4, -0.2) is 29.1 Å². The number of rotatable bonds is 0. The lowest BCUT2D eigenvalue weighted by atomic mass is 9.55. The normalized spacial score (nSPS) is 45.4. The van der Waals surface area contributed by atoms with Crippen LogP contribution in [0.5, 0.6) is 0 Å². The lowest BCUT2D eigenvalue weighted by Crippen LogP contribution is -2.53. The van der Waals surface area contributed by atoms with Gasteiger partial charge in [-0.15, -0.1) is 0 Å². The lowest BCUT2D eigenvalue weighted by molar-refractivity contribution is -0.148. The maximum atomic E-state index is 11.8. The predicted molar refractivity (Wildman–Crippen MR) is 68.1 cm³/mol. The van der Waals surface area contributed by atoms with Gasteiger partial charge in [-0.05, 0) is 31.8 Å². The Morgan fingerprint density at radius 2 is 2.16 bits per heavy atom. The van der Waals surface area contributed by atoms with Gasteiger partial charge < -0.3 is 9.84 Å². The van der Waals surface area contributed by atoms with Gasteiger partial charge in [0, 0.05) is 16.9 Å². The molecule has 0 spiro atoms. The highest BCUT2D eigenvalue weighted by Crippen LogP contribution is 2.54. The molecule has 3 aliphatic rings. The zero-order valence-corrected chi connectivity index (χ0v) is 11.2. The number of allylic oxidation sites excluding steroid dienone is 1. The molecule has 5 atom stereocenters. The predicted octanol–water partition coefficient (Wildman–Crippen LogP) is 1.39. The number of carbonyl (C=O) groups is 2. The smallest absolute Gasteiger partial charge is 0.334 e. The summed E-state index contributed by atoms with van der Waals surface area (Å²) in [5.41, 5.74) is 0.983. The van der Waals surface area contributed by atoms with Crippen LogP contribution in [0.1, 0.15) is 26.7 Å². The molecule has 2 fully saturated rings. The van der Waals surface area contributed by atoms with Crippen molar-refractivity contribution in [3.05, 3.63) is 23.8 Å². The number of hydrogen-bond acceptors (Lipinski definition) is 4. The molecular weight excluding hydrogens is 244 g/mol. The average molecular weight is 262 g/mol. The van der Waals surface area contributed by atoms with E-state index in [4.69, 9.17) is 4.74 Å². The first-order chi connectivity index (χ1) is 8.84. The van der Waals surface area contributed by atoms with E-state index in [0.717, 1.165) is 12.0 Å². The fourth-order valence-electron chi connectivity index (χ4n) is 3.99. The number of hydrogen-bond donors (Lipinski definition) is 1. The van der Waals surface area contributed by atoms with E-state index in [1.54, 1.807) is 0 Å². The third kappa shape index (κ3) is 1.56. The molecule has 0 amide bonds. The Morgan fingerprint density at radius 1 is 1.47 bits per heavy atom. The first-order valence-corrected chi connectivity index (χ1v) is 6.64. The third-order valence-electron chi connectivity index (χ3n) is 5.16. The monoisotopic (exact) mass is 262 g/mol. The number of ketones is 1. The second-order valence-corrected chi connectivity index (χ2v) is 6.27. The summed E-state index contributed by atoms with van der Waals surface area (Å²) in [6.45, 7) is 7.66. The molecule has 102 valence electrons. The lowest BCUT2D eigenvalue weighted by Gasteiger charge is -2.49. The molecule has 4 nitrogen and oxygen atoms in total. The summed E-state index contributed by atoms with van der Waals surface area (Å²) in [7, 11) is 0. The molecule has 0 unspecified atom stereocenters. The summed E-state index contributed by atoms with van der Waals surface area (Å²) >= 11 is 0. The van der Waals surface area contributed by atoms with Crippen molar-refractivity contribution in [2.24, 2.45) is 17.3 Å². The van der Waals surface area contributed by atoms with E-state index in [2.05, 4.69) is 6.58 Å². The van der Waals surface area contributed by atoms with Crippen molar-refractivity contribution in [3.8, 4) is 0 Å². The van der Waals surface area contributed by atoms with Gasteiger partial charge in [0.05, 0.1) is 0 Å². The number of aliphatic hydroxyl groups is 1. The Bertz CT molecular complexity index is 518. The standard InChI is InChI=1S/C15H18O4/c1-7-4-11(16)13(17)15(3)6-12-9(5-10(7)15)8(2)14(18)19-12/h4,9-10,12-13,17H,2,5-6H2,1,3H3/t9-,10+,12+,13-,15+/m0/s1. The third-order valence-corrected chi connectivity index (χ3v) is 5.16. The van der Waals surface area contributed by atoms with Gasteiger partial charge in [0.15, 0.2) is 5.78 Å². The number of ether oxygens (including phenoxy) is 1. The zero-order chi connectivity index (χ0) is 13.9. The van der Waals surface area contributed by atoms with Crippen molar-refractivity contribution in [3.63, 3.8) is 0 Å². The Hall–Kier alpha value is -1.42. The second kappa shape index (κ2) is 3.79. The summed E-state index contributed by atoms with van der Waals surface area (Å²) in [6, 6.07) is 0. The molecule has 1 heterocycles. The van der Waals surface area contributed by atoms with Gasteiger partial charge in [-0.1, -0.05) is 19.1 Å². The summed E-state index contributed by atoms with van der Waals surface area (Å²) < 4.78 is 5.33. The molecule has 0 radical (unpaired) electrons. The molecule has 1 aliphatic heterocycles. The highest BCUT2D eigenvalue weighted by Gasteiger charge is 2.56. The van der Waals surface area contributed by atoms with Crippen molar-refractivity contribution < 1.29 is 19.4 Å². The van der Waals surface area contributed by atoms with E-state index >= 15 is 0 Å². The first kappa shape index (κ1) is 12.6. The number of fused-ring (bicyclic) bond motifs is 2. The van der Waals surface area contributed by atoms with Gasteiger partial charge in [-0.25, -0.2) is 4.79 Å². The van der Waals surface area contributed by atoms with E-state index in [0.29, 0.717) is 12.0 Å². The Labute approximate surface area is 112 Å². The molecule has 0 bridgehead atoms. The highest BCUT2D eigenvalue weighted by molar-refractivity contribution is 5.96. The van der Waals surface area contributed by atoms with Gasteiger partial charge in [-0.2, -0.15) is 0 Å². The second-order valence-electron chi connectivity index (χ2n) is 6.27. The molecule has 1 saturated carbocycles. The van der Waals surface area contributed by atoms with Crippen LogP contribution in [0.15, 0.2) is 23.8 Å². The minimum atomic E-state index is -1.00. The summed E-state index contributed by atoms with van der Waals surface area (Å²) in [4.78, 5) is 23.4. The molecule has 0 aromatic rings. The minimum Gasteiger partial charge on any atom is -0.458 e. The highest BCUT2D eigenvalue weighted by atomic mass is 16.6. The van der Waals surface area contributed by atoms with E-state index < -0.39 is 11.5 Å². The molecular formula is C15H18O4. The van der Waals surface area contributed by atoms with Crippen molar-refractivity contribution in [1.29, 1.82) is 0 Å². The SMILES string of the molecule is C=C1C(=O)O[C@@H]2C[C@]3(C)[C@H](C[C@@H]12)C(C)=CC(=O)[C@@H]3O. The van der Waals surface area contributed by atoms with Crippen LogP contribution in [0.2, 0.25) is 0 Å². The van der Waals surface area contributed by atoms with Gasteiger partial charge in [-0.3, -0.25) is 4.79 Å². The average Bonchev–Trinajstić information content (AvgIpc) is 2.60. The Balaban J connectivity index is 2.01. The van der Waals surface area contributed by atoms with Crippen LogP contribution in [0.4, 0.5) is 0 Å². The molecule has 1 N–H and O–H groups in total. The maximum Gasteiger partial charge on any atom is 0.334 e. The molecule has 4 heteroatoms. The largest absolute Gasteiger partial charge is 0.458 e. The van der Waals surface area contributed by atoms with Gasteiger partial charge in [0.25, 0.3) is 0 Å². The topological polar surface area (TPSA) is 63.6 Å². The molecule has 3 rings (SSSR count). The number of esters is 1. The summed E-state index contributed by atoms with van der Waals surface area (Å²) in [5.74, 6) is -0.445. The van der Waals surface area contributed by atoms with Gasteiger partial charge in [0.2, 0.25) is 0 Å². The van der Waals surface area contributed by atoms with Crippen LogP contribution < -0.4 is 0 Å². The first-order valence-electron chi connectivity index (χ1n) is 6.64. The molecule has 0 aromatic carbocycles. The maximum absolute atomic E-state index is 11.8. The van der Waals surface area contributed by atoms with Crippen LogP contribution in [-0.2, 0) is 14.3 Å². The molecule has 0 aromatic heterocycles. The van der Waals surface area contributed by atoms with E-state index in [1.165, 1.54) is 6.08 Å². The van der Waals surface area contributed by atoms with Crippen molar-refractivity contribution in [2.45, 2.75) is 38.9 Å². The van der Waals surface area contributed by atoms with Gasteiger partial charge in [0.1, 0.15) is 12.2 Å². The molecule has 2 aliphatic carbocycles. The van der Waals surface area contributed by atoms with Gasteiger partial charge >= 0.3 is 5.97 Å². The van der Waals surface area contributed by atoms with E-state index in [-0.39, 0.29) is 29.7 Å². The fraction of sp³-hybridized carbons (Fsp3) is 0.600. The molecule has 19 heavy (non-hydrogen) atoms. The number of aliphatic hydroxyl groups excluding tert-OH is 1. The Kier molecular flexibility index (Phi) is 2.52. The van der Waals surface area contributed by atoms with Crippen molar-refractivity contribution in [2.75, 3.05) is 0 Å². The minimum absolute atomic E-state index is 0.0225. The zero-order valence-electron chi connectivity index (χ0n) is 11.2. The van der Waals surface area contributed by atoms with Crippen molar-refractivity contribution >= 4 is 11.8 Å². The van der Waals surface area contributed by atoms with Crippen LogP contribution in [0.3, 0.4) is 0 Å². The van der Waals surface area contributed by atoms with E-state index in [1.807, 2.05) is 13.8 Å². The molecule has 1 saturated heterocycles. The van der Waals surface area contributed by atoms with Crippen LogP contribution in [0, 0.1) is 17.3 Å². The Morgan fingerprint density at radius 3 is 2.84 bits per heavy atom. The summed E-state index contributed by atoms with van der Waals surface area (Å²) in [6.07, 6.45) is 1.53. The van der Waals surface area contributed by atoms with Crippen LogP contribution >= 0.6 is 0 Å². The van der Waals surface area contributed by atoms with Crippen LogP contribution in [0.25, 0.3) is 0 Å². The van der Waals surface area contributed by atoms with Crippen molar-refractivity contribution in [1.82, 2.24) is 0 Å². The fourth-order valence-corrected chi connectivity index (χ4v) is 3.99. The summed E-state index contributed by atoms with van der Waals surface area (Å²) in [5, 5.41) is 10.2. The quantitative estimate of drug-likeness (QED) is 0.529.